The van der Waals surface area contributed by atoms with Crippen molar-refractivity contribution in [2.75, 3.05) is 26.3 Å². The van der Waals surface area contributed by atoms with Gasteiger partial charge in [0, 0.05) is 19.0 Å². The van der Waals surface area contributed by atoms with Crippen molar-refractivity contribution in [2.45, 2.75) is 44.2 Å². The number of aliphatic hydroxyl groups excluding tert-OH is 1. The molecule has 2 N–H and O–H groups in total. The number of nitrogens with zero attached hydrogens (tertiary/aromatic N) is 1. The van der Waals surface area contributed by atoms with Crippen LogP contribution in [0.2, 0.25) is 0 Å². The third kappa shape index (κ3) is 4.48. The molecule has 0 spiro atoms. The Bertz CT molecular complexity index is 531. The van der Waals surface area contributed by atoms with Crippen molar-refractivity contribution in [3.05, 3.63) is 35.9 Å². The molecule has 3 rings (SSSR count). The molecule has 1 aliphatic carbocycles. The quantitative estimate of drug-likeness (QED) is 0.841. The fourth-order valence-electron chi connectivity index (χ4n) is 3.53. The number of urea groups is 1. The molecule has 5 heteroatoms. The lowest BCUT2D eigenvalue weighted by Crippen LogP contribution is -2.53. The minimum absolute atomic E-state index is 0.00160. The monoisotopic (exact) mass is 332 g/mol. The van der Waals surface area contributed by atoms with Crippen molar-refractivity contribution < 1.29 is 14.6 Å². The number of hydrogen-bond acceptors (Lipinski definition) is 3. The van der Waals surface area contributed by atoms with E-state index >= 15 is 0 Å². The first-order valence-corrected chi connectivity index (χ1v) is 9.00. The number of ether oxygens (including phenoxy) is 1. The smallest absolute Gasteiger partial charge is 0.317 e. The van der Waals surface area contributed by atoms with Gasteiger partial charge in [-0.25, -0.2) is 4.79 Å². The highest BCUT2D eigenvalue weighted by atomic mass is 16.5. The van der Waals surface area contributed by atoms with Crippen molar-refractivity contribution in [3.8, 4) is 0 Å². The maximum absolute atomic E-state index is 12.7. The van der Waals surface area contributed by atoms with Crippen LogP contribution in [0.3, 0.4) is 0 Å². The molecule has 2 amide bonds. The first-order chi connectivity index (χ1) is 11.6. The van der Waals surface area contributed by atoms with Crippen molar-refractivity contribution in [2.24, 2.45) is 5.92 Å². The van der Waals surface area contributed by atoms with Crippen LogP contribution in [-0.2, 0) is 4.74 Å². The number of carbonyl (C=O) groups excluding carboxylic acids is 1. The summed E-state index contributed by atoms with van der Waals surface area (Å²) in [7, 11) is 0. The van der Waals surface area contributed by atoms with Gasteiger partial charge in [-0.05, 0) is 37.7 Å². The van der Waals surface area contributed by atoms with E-state index in [9.17, 15) is 9.90 Å². The Morgan fingerprint density at radius 2 is 2.12 bits per heavy atom. The van der Waals surface area contributed by atoms with Crippen LogP contribution in [0.4, 0.5) is 4.79 Å². The highest BCUT2D eigenvalue weighted by Gasteiger charge is 2.39. The molecule has 3 unspecified atom stereocenters. The standard InChI is InChI=1S/C19H28N2O3/c1-14(22)11-17(15-5-3-2-4-6-15)12-20-19(23)21-9-10-24-13-18(21)16-7-8-16/h2-6,14,16-18,22H,7-13H2,1H3,(H,20,23). The third-order valence-corrected chi connectivity index (χ3v) is 4.99. The summed E-state index contributed by atoms with van der Waals surface area (Å²) in [6.45, 7) is 4.28. The molecular weight excluding hydrogens is 304 g/mol. The highest BCUT2D eigenvalue weighted by Crippen LogP contribution is 2.36. The van der Waals surface area contributed by atoms with Crippen LogP contribution in [0.5, 0.6) is 0 Å². The number of hydrogen-bond donors (Lipinski definition) is 2. The number of benzene rings is 1. The predicted octanol–water partition coefficient (Wildman–Crippen LogP) is 2.36. The van der Waals surface area contributed by atoms with Crippen molar-refractivity contribution in [1.82, 2.24) is 10.2 Å². The van der Waals surface area contributed by atoms with Gasteiger partial charge in [-0.15, -0.1) is 0 Å². The predicted molar refractivity (Wildman–Crippen MR) is 92.9 cm³/mol. The molecule has 0 aromatic heterocycles. The maximum Gasteiger partial charge on any atom is 0.317 e. The number of carbonyl (C=O) groups is 1. The summed E-state index contributed by atoms with van der Waals surface area (Å²) >= 11 is 0. The molecule has 2 fully saturated rings. The van der Waals surface area contributed by atoms with Gasteiger partial charge in [0.2, 0.25) is 0 Å². The van der Waals surface area contributed by atoms with Crippen LogP contribution >= 0.6 is 0 Å². The first kappa shape index (κ1) is 17.2. The average molecular weight is 332 g/mol. The average Bonchev–Trinajstić information content (AvgIpc) is 3.44. The largest absolute Gasteiger partial charge is 0.393 e. The Morgan fingerprint density at radius 3 is 2.79 bits per heavy atom. The molecule has 1 aromatic rings. The normalized spacial score (nSPS) is 23.6. The number of morpholine rings is 1. The molecule has 5 nitrogen and oxygen atoms in total. The van der Waals surface area contributed by atoms with Crippen molar-refractivity contribution >= 4 is 6.03 Å². The summed E-state index contributed by atoms with van der Waals surface area (Å²) in [5.41, 5.74) is 1.15. The Kier molecular flexibility index (Phi) is 5.74. The van der Waals surface area contributed by atoms with E-state index in [1.165, 1.54) is 12.8 Å². The molecule has 0 bridgehead atoms. The lowest BCUT2D eigenvalue weighted by Gasteiger charge is -2.36. The Labute approximate surface area is 144 Å². The van der Waals surface area contributed by atoms with Gasteiger partial charge in [0.15, 0.2) is 0 Å². The second-order valence-electron chi connectivity index (χ2n) is 7.05. The molecule has 1 aliphatic heterocycles. The van der Waals surface area contributed by atoms with Crippen LogP contribution in [0, 0.1) is 5.92 Å². The van der Waals surface area contributed by atoms with E-state index in [4.69, 9.17) is 4.74 Å². The lowest BCUT2D eigenvalue weighted by molar-refractivity contribution is 0.00461. The highest BCUT2D eigenvalue weighted by molar-refractivity contribution is 5.74. The van der Waals surface area contributed by atoms with Gasteiger partial charge in [-0.3, -0.25) is 0 Å². The maximum atomic E-state index is 12.7. The Hall–Kier alpha value is -1.59. The zero-order chi connectivity index (χ0) is 16.9. The molecule has 1 aromatic carbocycles. The first-order valence-electron chi connectivity index (χ1n) is 9.00. The minimum atomic E-state index is -0.394. The van der Waals surface area contributed by atoms with Crippen LogP contribution < -0.4 is 5.32 Å². The van der Waals surface area contributed by atoms with Crippen LogP contribution in [0.1, 0.15) is 37.7 Å². The van der Waals surface area contributed by atoms with Gasteiger partial charge < -0.3 is 20.1 Å². The van der Waals surface area contributed by atoms with E-state index in [-0.39, 0.29) is 18.0 Å². The van der Waals surface area contributed by atoms with Crippen LogP contribution in [-0.4, -0.2) is 54.5 Å². The topological polar surface area (TPSA) is 61.8 Å². The van der Waals surface area contributed by atoms with E-state index in [0.29, 0.717) is 38.6 Å². The summed E-state index contributed by atoms with van der Waals surface area (Å²) in [6.07, 6.45) is 2.65. The van der Waals surface area contributed by atoms with Crippen LogP contribution in [0.25, 0.3) is 0 Å². The summed E-state index contributed by atoms with van der Waals surface area (Å²) in [5.74, 6) is 0.731. The second-order valence-corrected chi connectivity index (χ2v) is 7.05. The number of aliphatic hydroxyl groups is 1. The molecule has 0 radical (unpaired) electrons. The van der Waals surface area contributed by atoms with Crippen molar-refractivity contribution in [3.63, 3.8) is 0 Å². The minimum Gasteiger partial charge on any atom is -0.393 e. The summed E-state index contributed by atoms with van der Waals surface area (Å²) in [5, 5.41) is 12.9. The lowest BCUT2D eigenvalue weighted by atomic mass is 9.93. The molecule has 2 aliphatic rings. The van der Waals surface area contributed by atoms with Gasteiger partial charge >= 0.3 is 6.03 Å². The van der Waals surface area contributed by atoms with E-state index in [1.807, 2.05) is 23.1 Å². The molecule has 3 atom stereocenters. The van der Waals surface area contributed by atoms with E-state index in [1.54, 1.807) is 6.92 Å². The Morgan fingerprint density at radius 1 is 1.38 bits per heavy atom. The Balaban J connectivity index is 1.59. The second kappa shape index (κ2) is 7.99. The number of rotatable bonds is 6. The molecule has 1 saturated carbocycles. The molecular formula is C19H28N2O3. The van der Waals surface area contributed by atoms with E-state index in [0.717, 1.165) is 5.56 Å². The summed E-state index contributed by atoms with van der Waals surface area (Å²) in [4.78, 5) is 14.6. The summed E-state index contributed by atoms with van der Waals surface area (Å²) in [6, 6.07) is 10.3. The molecule has 1 heterocycles. The zero-order valence-electron chi connectivity index (χ0n) is 14.4. The third-order valence-electron chi connectivity index (χ3n) is 4.99. The van der Waals surface area contributed by atoms with E-state index < -0.39 is 6.10 Å². The molecule has 132 valence electrons. The molecule has 1 saturated heterocycles. The molecule has 24 heavy (non-hydrogen) atoms. The number of amides is 2. The van der Waals surface area contributed by atoms with Gasteiger partial charge in [0.25, 0.3) is 0 Å². The zero-order valence-corrected chi connectivity index (χ0v) is 14.4. The SMILES string of the molecule is CC(O)CC(CNC(=O)N1CCOCC1C1CC1)c1ccccc1. The van der Waals surface area contributed by atoms with Gasteiger partial charge in [-0.2, -0.15) is 0 Å². The fourth-order valence-corrected chi connectivity index (χ4v) is 3.53. The fraction of sp³-hybridized carbons (Fsp3) is 0.632. The number of nitrogens with one attached hydrogen (secondary N) is 1. The van der Waals surface area contributed by atoms with Crippen molar-refractivity contribution in [1.29, 1.82) is 0 Å². The summed E-state index contributed by atoms with van der Waals surface area (Å²) < 4.78 is 5.56. The van der Waals surface area contributed by atoms with Crippen LogP contribution in [0.15, 0.2) is 30.3 Å². The van der Waals surface area contributed by atoms with Gasteiger partial charge in [0.05, 0.1) is 25.4 Å². The van der Waals surface area contributed by atoms with Gasteiger partial charge in [0.1, 0.15) is 0 Å². The van der Waals surface area contributed by atoms with Gasteiger partial charge in [-0.1, -0.05) is 30.3 Å². The van der Waals surface area contributed by atoms with E-state index in [2.05, 4.69) is 17.4 Å².